The number of carbonyl (C=O) groups is 2. The molecule has 0 bridgehead atoms. The van der Waals surface area contributed by atoms with Gasteiger partial charge in [-0.25, -0.2) is 13.6 Å². The first kappa shape index (κ1) is 20.8. The maximum absolute atomic E-state index is 11.9. The molecule has 0 aliphatic heterocycles. The number of nitrogens with two attached hydrogens (primary N) is 1. The third-order valence-corrected chi connectivity index (χ3v) is 5.14. The molecule has 0 unspecified atom stereocenters. The number of hydrogen-bond donors (Lipinski definition) is 3. The largest absolute Gasteiger partial charge is 0.326 e. The number of rotatable bonds is 8. The van der Waals surface area contributed by atoms with E-state index in [0.29, 0.717) is 35.1 Å². The van der Waals surface area contributed by atoms with Crippen molar-refractivity contribution in [3.8, 4) is 0 Å². The zero-order valence-corrected chi connectivity index (χ0v) is 16.1. The third kappa shape index (κ3) is 7.33. The first-order chi connectivity index (χ1) is 12.7. The molecule has 1 heterocycles. The van der Waals surface area contributed by atoms with Crippen molar-refractivity contribution in [3.05, 3.63) is 36.4 Å². The summed E-state index contributed by atoms with van der Waals surface area (Å²) in [4.78, 5) is 22.8. The maximum atomic E-state index is 11.9. The van der Waals surface area contributed by atoms with Crippen LogP contribution in [0.25, 0.3) is 0 Å². The fourth-order valence-corrected chi connectivity index (χ4v) is 3.28. The minimum Gasteiger partial charge on any atom is -0.326 e. The summed E-state index contributed by atoms with van der Waals surface area (Å²) in [6.45, 7) is 1.39. The van der Waals surface area contributed by atoms with E-state index < -0.39 is 10.0 Å². The number of aromatic nitrogens is 2. The second-order valence-corrected chi connectivity index (χ2v) is 8.18. The van der Waals surface area contributed by atoms with Crippen molar-refractivity contribution in [2.75, 3.05) is 16.4 Å². The molecular weight excluding hydrogens is 390 g/mol. The number of nitrogens with one attached hydrogen (secondary N) is 2. The number of amides is 2. The van der Waals surface area contributed by atoms with Gasteiger partial charge in [0.15, 0.2) is 5.82 Å². The smallest absolute Gasteiger partial charge is 0.238 e. The summed E-state index contributed by atoms with van der Waals surface area (Å²) in [6, 6.07) is 9.05. The maximum Gasteiger partial charge on any atom is 0.238 e. The third-order valence-electron chi connectivity index (χ3n) is 3.21. The quantitative estimate of drug-likeness (QED) is 0.443. The van der Waals surface area contributed by atoms with Gasteiger partial charge in [0, 0.05) is 24.8 Å². The molecule has 2 amide bonds. The molecule has 0 aliphatic rings. The van der Waals surface area contributed by atoms with Crippen LogP contribution in [0.4, 0.5) is 11.5 Å². The van der Waals surface area contributed by atoms with Crippen LogP contribution in [0.2, 0.25) is 0 Å². The second-order valence-electron chi connectivity index (χ2n) is 5.51. The lowest BCUT2D eigenvalue weighted by molar-refractivity contribution is -0.116. The summed E-state index contributed by atoms with van der Waals surface area (Å²) < 4.78 is 22.4. The highest BCUT2D eigenvalue weighted by Gasteiger charge is 2.08. The first-order valence-electron chi connectivity index (χ1n) is 7.91. The lowest BCUT2D eigenvalue weighted by atomic mass is 10.3. The SMILES string of the molecule is CC(=O)Nc1ccc(SCCCC(=O)Nc2ccc(S(N)(=O)=O)cc2)nn1. The minimum atomic E-state index is -3.75. The number of benzene rings is 1. The molecule has 0 fully saturated rings. The van der Waals surface area contributed by atoms with Crippen LogP contribution >= 0.6 is 11.8 Å². The Hall–Kier alpha value is -2.50. The van der Waals surface area contributed by atoms with Gasteiger partial charge in [0.05, 0.1) is 4.90 Å². The molecule has 9 nitrogen and oxygen atoms in total. The predicted molar refractivity (Wildman–Crippen MR) is 103 cm³/mol. The molecule has 0 spiro atoms. The van der Waals surface area contributed by atoms with Gasteiger partial charge in [-0.1, -0.05) is 0 Å². The van der Waals surface area contributed by atoms with E-state index >= 15 is 0 Å². The summed E-state index contributed by atoms with van der Waals surface area (Å²) in [5.74, 6) is 0.673. The molecule has 1 aromatic heterocycles. The first-order valence-corrected chi connectivity index (χ1v) is 10.4. The van der Waals surface area contributed by atoms with Gasteiger partial charge in [-0.05, 0) is 42.8 Å². The summed E-state index contributed by atoms with van der Waals surface area (Å²) in [6.07, 6.45) is 0.933. The molecule has 2 aromatic rings. The van der Waals surface area contributed by atoms with Crippen molar-refractivity contribution < 1.29 is 18.0 Å². The Bertz CT molecular complexity index is 899. The number of anilines is 2. The molecule has 11 heteroatoms. The number of hydrogen-bond acceptors (Lipinski definition) is 7. The van der Waals surface area contributed by atoms with Crippen LogP contribution in [0.15, 0.2) is 46.3 Å². The van der Waals surface area contributed by atoms with Crippen LogP contribution < -0.4 is 15.8 Å². The Morgan fingerprint density at radius 1 is 1.07 bits per heavy atom. The molecule has 0 saturated heterocycles. The van der Waals surface area contributed by atoms with Crippen molar-refractivity contribution in [2.24, 2.45) is 5.14 Å². The topological polar surface area (TPSA) is 144 Å². The molecule has 4 N–H and O–H groups in total. The summed E-state index contributed by atoms with van der Waals surface area (Å²) >= 11 is 1.45. The van der Waals surface area contributed by atoms with Gasteiger partial charge in [-0.3, -0.25) is 9.59 Å². The van der Waals surface area contributed by atoms with Gasteiger partial charge in [-0.2, -0.15) is 0 Å². The van der Waals surface area contributed by atoms with Crippen LogP contribution in [0, 0.1) is 0 Å². The number of nitrogens with zero attached hydrogens (tertiary/aromatic N) is 2. The summed E-state index contributed by atoms with van der Waals surface area (Å²) in [7, 11) is -3.75. The van der Waals surface area contributed by atoms with Crippen molar-refractivity contribution >= 4 is 45.1 Å². The summed E-state index contributed by atoms with van der Waals surface area (Å²) in [5, 5.41) is 18.8. The van der Waals surface area contributed by atoms with Gasteiger partial charge >= 0.3 is 0 Å². The number of primary sulfonamides is 1. The average Bonchev–Trinajstić information content (AvgIpc) is 2.59. The Kier molecular flexibility index (Phi) is 7.28. The minimum absolute atomic E-state index is 0.0115. The molecule has 27 heavy (non-hydrogen) atoms. The van der Waals surface area contributed by atoms with E-state index in [4.69, 9.17) is 5.14 Å². The highest BCUT2D eigenvalue weighted by Crippen LogP contribution is 2.18. The van der Waals surface area contributed by atoms with E-state index in [9.17, 15) is 18.0 Å². The normalized spacial score (nSPS) is 11.0. The number of thioether (sulfide) groups is 1. The van der Waals surface area contributed by atoms with Gasteiger partial charge in [0.2, 0.25) is 21.8 Å². The van der Waals surface area contributed by atoms with Crippen molar-refractivity contribution in [3.63, 3.8) is 0 Å². The van der Waals surface area contributed by atoms with E-state index in [1.807, 2.05) is 0 Å². The second kappa shape index (κ2) is 9.44. The zero-order chi connectivity index (χ0) is 19.9. The van der Waals surface area contributed by atoms with Crippen LogP contribution in [-0.2, 0) is 19.6 Å². The Morgan fingerprint density at radius 3 is 2.33 bits per heavy atom. The fourth-order valence-electron chi connectivity index (χ4n) is 2.00. The molecule has 2 rings (SSSR count). The average molecular weight is 409 g/mol. The van der Waals surface area contributed by atoms with E-state index in [0.717, 1.165) is 0 Å². The number of sulfonamides is 1. The van der Waals surface area contributed by atoms with E-state index in [2.05, 4.69) is 20.8 Å². The van der Waals surface area contributed by atoms with E-state index in [1.54, 1.807) is 12.1 Å². The lowest BCUT2D eigenvalue weighted by Gasteiger charge is -2.06. The number of carbonyl (C=O) groups excluding carboxylic acids is 2. The highest BCUT2D eigenvalue weighted by molar-refractivity contribution is 7.99. The molecule has 144 valence electrons. The molecule has 0 saturated carbocycles. The van der Waals surface area contributed by atoms with Crippen molar-refractivity contribution in [2.45, 2.75) is 29.7 Å². The standard InChI is InChI=1S/C16H19N5O4S2/c1-11(22)18-14-8-9-16(21-20-14)26-10-2-3-15(23)19-12-4-6-13(7-5-12)27(17,24)25/h4-9H,2-3,10H2,1H3,(H,19,23)(H2,17,24,25)(H,18,20,22). The van der Waals surface area contributed by atoms with Crippen LogP contribution in [0.3, 0.4) is 0 Å². The molecule has 0 radical (unpaired) electrons. The monoisotopic (exact) mass is 409 g/mol. The molecule has 0 aliphatic carbocycles. The lowest BCUT2D eigenvalue weighted by Crippen LogP contribution is -2.13. The fraction of sp³-hybridized carbons (Fsp3) is 0.250. The molecule has 1 aromatic carbocycles. The van der Waals surface area contributed by atoms with Crippen molar-refractivity contribution in [1.82, 2.24) is 10.2 Å². The van der Waals surface area contributed by atoms with Gasteiger partial charge in [-0.15, -0.1) is 22.0 Å². The Labute approximate surface area is 161 Å². The van der Waals surface area contributed by atoms with Gasteiger partial charge in [0.25, 0.3) is 0 Å². The highest BCUT2D eigenvalue weighted by atomic mass is 32.2. The Balaban J connectivity index is 1.72. The molecular formula is C16H19N5O4S2. The predicted octanol–water partition coefficient (Wildman–Crippen LogP) is 1.59. The zero-order valence-electron chi connectivity index (χ0n) is 14.5. The van der Waals surface area contributed by atoms with E-state index in [-0.39, 0.29) is 16.7 Å². The van der Waals surface area contributed by atoms with Gasteiger partial charge in [0.1, 0.15) is 5.03 Å². The van der Waals surface area contributed by atoms with E-state index in [1.165, 1.54) is 43.0 Å². The summed E-state index contributed by atoms with van der Waals surface area (Å²) in [5.41, 5.74) is 0.500. The van der Waals surface area contributed by atoms with Crippen LogP contribution in [-0.4, -0.2) is 36.2 Å². The van der Waals surface area contributed by atoms with Gasteiger partial charge < -0.3 is 10.6 Å². The van der Waals surface area contributed by atoms with Crippen LogP contribution in [0.1, 0.15) is 19.8 Å². The molecule has 0 atom stereocenters. The van der Waals surface area contributed by atoms with Crippen molar-refractivity contribution in [1.29, 1.82) is 0 Å². The Morgan fingerprint density at radius 2 is 1.78 bits per heavy atom. The van der Waals surface area contributed by atoms with Crippen LogP contribution in [0.5, 0.6) is 0 Å².